The number of rotatable bonds is 13. The maximum atomic E-state index is 13.3. The first-order valence-corrected chi connectivity index (χ1v) is 10.2. The summed E-state index contributed by atoms with van der Waals surface area (Å²) in [4.78, 5) is 26.0. The molecule has 4 nitrogen and oxygen atoms in total. The second kappa shape index (κ2) is 13.8. The monoisotopic (exact) mass is 388 g/mol. The molecule has 0 heterocycles. The molecule has 156 valence electrons. The Morgan fingerprint density at radius 2 is 1.04 bits per heavy atom. The number of carbonyl (C=O) groups is 2. The van der Waals surface area contributed by atoms with Gasteiger partial charge in [-0.2, -0.15) is 0 Å². The Morgan fingerprint density at radius 3 is 1.36 bits per heavy atom. The molecule has 0 unspecified atom stereocenters. The fourth-order valence-corrected chi connectivity index (χ4v) is 2.81. The number of aliphatic carboxylic acids is 1. The van der Waals surface area contributed by atoms with Crippen LogP contribution in [0.4, 0.5) is 0 Å². The zero-order valence-electron chi connectivity index (χ0n) is 18.0. The summed E-state index contributed by atoms with van der Waals surface area (Å²) >= 11 is 0. The molecule has 0 bridgehead atoms. The highest BCUT2D eigenvalue weighted by Crippen LogP contribution is 2.47. The van der Waals surface area contributed by atoms with E-state index in [2.05, 4.69) is 0 Å². The van der Waals surface area contributed by atoms with Crippen LogP contribution in [0.25, 0.3) is 0 Å². The van der Waals surface area contributed by atoms with E-state index in [-0.39, 0.29) is 0 Å². The number of carbonyl (C=O) groups excluding carboxylic acids is 1. The number of hydrogen-bond acceptors (Lipinski definition) is 3. The van der Waals surface area contributed by atoms with Crippen molar-refractivity contribution < 1.29 is 19.4 Å². The number of ether oxygens (including phenoxy) is 1. The number of esters is 1. The highest BCUT2D eigenvalue weighted by Gasteiger charge is 2.56. The number of carboxylic acids is 1. The van der Waals surface area contributed by atoms with Crippen LogP contribution in [0.5, 0.6) is 0 Å². The maximum absolute atomic E-state index is 13.3. The van der Waals surface area contributed by atoms with Gasteiger partial charge in [0.25, 0.3) is 0 Å². The SMILES string of the molecule is CCC=COC(=O)C(C=CCC)(C=CCC)C(C=CCC)(C=CCC)C(=O)O. The average Bonchev–Trinajstić information content (AvgIpc) is 2.69. The van der Waals surface area contributed by atoms with Crippen LogP contribution in [0.2, 0.25) is 0 Å². The Labute approximate surface area is 170 Å². The van der Waals surface area contributed by atoms with Gasteiger partial charge in [0.05, 0.1) is 6.26 Å². The lowest BCUT2D eigenvalue weighted by Crippen LogP contribution is -2.49. The van der Waals surface area contributed by atoms with E-state index < -0.39 is 22.8 Å². The average molecular weight is 389 g/mol. The van der Waals surface area contributed by atoms with Gasteiger partial charge in [0.1, 0.15) is 10.8 Å². The van der Waals surface area contributed by atoms with Crippen LogP contribution < -0.4 is 0 Å². The van der Waals surface area contributed by atoms with Crippen molar-refractivity contribution in [2.45, 2.75) is 66.7 Å². The van der Waals surface area contributed by atoms with Gasteiger partial charge in [-0.25, -0.2) is 0 Å². The van der Waals surface area contributed by atoms with E-state index in [1.165, 1.54) is 6.26 Å². The molecule has 0 fully saturated rings. The molecule has 0 aromatic rings. The standard InChI is InChI=1S/C24H36O4/c1-6-11-16-23(21(25)26,17-12-7-2)24(18-13-8-3,19-14-9-4)22(27)28-20-15-10-5/h11-20H,6-10H2,1-5H3,(H,25,26). The maximum Gasteiger partial charge on any atom is 0.326 e. The second-order valence-electron chi connectivity index (χ2n) is 6.47. The van der Waals surface area contributed by atoms with Gasteiger partial charge < -0.3 is 9.84 Å². The van der Waals surface area contributed by atoms with Crippen molar-refractivity contribution >= 4 is 11.9 Å². The van der Waals surface area contributed by atoms with E-state index in [9.17, 15) is 14.7 Å². The molecular formula is C24H36O4. The lowest BCUT2D eigenvalue weighted by atomic mass is 9.61. The Bertz CT molecular complexity index is 593. The Hall–Kier alpha value is -2.36. The molecule has 0 amide bonds. The molecule has 28 heavy (non-hydrogen) atoms. The first kappa shape index (κ1) is 25.6. The molecule has 0 saturated carbocycles. The zero-order valence-corrected chi connectivity index (χ0v) is 18.0. The number of allylic oxidation sites excluding steroid dienone is 5. The fraction of sp³-hybridized carbons (Fsp3) is 0.500. The molecule has 0 aliphatic heterocycles. The minimum absolute atomic E-state index is 0.615. The predicted octanol–water partition coefficient (Wildman–Crippen LogP) is 6.38. The molecule has 0 saturated heterocycles. The van der Waals surface area contributed by atoms with Crippen LogP contribution in [0, 0.1) is 10.8 Å². The molecule has 1 N–H and O–H groups in total. The third-order valence-electron chi connectivity index (χ3n) is 4.35. The van der Waals surface area contributed by atoms with E-state index in [4.69, 9.17) is 4.74 Å². The number of hydrogen-bond donors (Lipinski definition) is 1. The summed E-state index contributed by atoms with van der Waals surface area (Å²) in [5, 5.41) is 10.3. The molecule has 4 heteroatoms. The fourth-order valence-electron chi connectivity index (χ4n) is 2.81. The molecular weight excluding hydrogens is 352 g/mol. The van der Waals surface area contributed by atoms with E-state index >= 15 is 0 Å². The summed E-state index contributed by atoms with van der Waals surface area (Å²) in [5.74, 6) is -1.71. The van der Waals surface area contributed by atoms with Crippen molar-refractivity contribution in [2.24, 2.45) is 10.8 Å². The molecule has 0 aromatic carbocycles. The van der Waals surface area contributed by atoms with Crippen molar-refractivity contribution in [3.63, 3.8) is 0 Å². The summed E-state index contributed by atoms with van der Waals surface area (Å²) in [6, 6.07) is 0. The van der Waals surface area contributed by atoms with Crippen LogP contribution in [0.3, 0.4) is 0 Å². The lowest BCUT2D eigenvalue weighted by molar-refractivity contribution is -0.159. The van der Waals surface area contributed by atoms with Gasteiger partial charge >= 0.3 is 11.9 Å². The normalized spacial score (nSPS) is 17.0. The topological polar surface area (TPSA) is 63.6 Å². The molecule has 0 aliphatic rings. The molecule has 0 radical (unpaired) electrons. The van der Waals surface area contributed by atoms with Crippen LogP contribution in [0.1, 0.15) is 66.7 Å². The Kier molecular flexibility index (Phi) is 12.6. The van der Waals surface area contributed by atoms with Gasteiger partial charge in [0.2, 0.25) is 0 Å². The summed E-state index contributed by atoms with van der Waals surface area (Å²) in [5.41, 5.74) is -3.09. The van der Waals surface area contributed by atoms with E-state index in [0.717, 1.165) is 0 Å². The van der Waals surface area contributed by atoms with Gasteiger partial charge in [0.15, 0.2) is 0 Å². The van der Waals surface area contributed by atoms with Crippen LogP contribution in [0.15, 0.2) is 60.9 Å². The summed E-state index contributed by atoms with van der Waals surface area (Å²) in [6.45, 7) is 9.68. The van der Waals surface area contributed by atoms with E-state index in [0.29, 0.717) is 32.1 Å². The predicted molar refractivity (Wildman–Crippen MR) is 116 cm³/mol. The summed E-state index contributed by atoms with van der Waals surface area (Å²) in [6.07, 6.45) is 20.2. The van der Waals surface area contributed by atoms with Crippen molar-refractivity contribution in [3.8, 4) is 0 Å². The van der Waals surface area contributed by atoms with Crippen LogP contribution >= 0.6 is 0 Å². The Morgan fingerprint density at radius 1 is 0.679 bits per heavy atom. The summed E-state index contributed by atoms with van der Waals surface area (Å²) < 4.78 is 5.41. The van der Waals surface area contributed by atoms with Gasteiger partial charge in [0, 0.05) is 0 Å². The zero-order chi connectivity index (χ0) is 21.5. The number of carboxylic acid groups (broad SMARTS) is 1. The molecule has 0 aromatic heterocycles. The minimum atomic E-state index is -1.59. The Balaban J connectivity index is 7.00. The van der Waals surface area contributed by atoms with Crippen molar-refractivity contribution in [1.29, 1.82) is 0 Å². The molecule has 0 atom stereocenters. The minimum Gasteiger partial charge on any atom is -0.480 e. The van der Waals surface area contributed by atoms with Gasteiger partial charge in [-0.1, -0.05) is 83.2 Å². The van der Waals surface area contributed by atoms with Gasteiger partial charge in [-0.3, -0.25) is 9.59 Å². The third kappa shape index (κ3) is 6.36. The first-order chi connectivity index (χ1) is 13.4. The van der Waals surface area contributed by atoms with Gasteiger partial charge in [-0.15, -0.1) is 0 Å². The molecule has 0 rings (SSSR count). The van der Waals surface area contributed by atoms with Crippen molar-refractivity contribution in [3.05, 3.63) is 60.9 Å². The van der Waals surface area contributed by atoms with Crippen LogP contribution in [-0.4, -0.2) is 17.0 Å². The van der Waals surface area contributed by atoms with E-state index in [1.54, 1.807) is 42.5 Å². The smallest absolute Gasteiger partial charge is 0.326 e. The molecule has 0 spiro atoms. The quantitative estimate of drug-likeness (QED) is 0.226. The highest BCUT2D eigenvalue weighted by atomic mass is 16.5. The third-order valence-corrected chi connectivity index (χ3v) is 4.35. The van der Waals surface area contributed by atoms with Crippen molar-refractivity contribution in [2.75, 3.05) is 0 Å². The van der Waals surface area contributed by atoms with Gasteiger partial charge in [-0.05, 0) is 38.2 Å². The lowest BCUT2D eigenvalue weighted by Gasteiger charge is -2.38. The highest BCUT2D eigenvalue weighted by molar-refractivity contribution is 5.94. The second-order valence-corrected chi connectivity index (χ2v) is 6.47. The van der Waals surface area contributed by atoms with Crippen molar-refractivity contribution in [1.82, 2.24) is 0 Å². The summed E-state index contributed by atoms with van der Waals surface area (Å²) in [7, 11) is 0. The molecule has 0 aliphatic carbocycles. The largest absolute Gasteiger partial charge is 0.480 e. The first-order valence-electron chi connectivity index (χ1n) is 10.2. The van der Waals surface area contributed by atoms with Crippen LogP contribution in [-0.2, 0) is 14.3 Å². The van der Waals surface area contributed by atoms with E-state index in [1.807, 2.05) is 46.8 Å².